The van der Waals surface area contributed by atoms with E-state index in [0.717, 1.165) is 0 Å². The van der Waals surface area contributed by atoms with Crippen molar-refractivity contribution in [2.24, 2.45) is 0 Å². The Kier molecular flexibility index (Phi) is 7.18. The van der Waals surface area contributed by atoms with E-state index in [2.05, 4.69) is 39.3 Å². The summed E-state index contributed by atoms with van der Waals surface area (Å²) in [5.41, 5.74) is 0. The number of carbonyl (C=O) groups is 1. The van der Waals surface area contributed by atoms with Crippen LogP contribution < -0.4 is 0 Å². The Balaban J connectivity index is 4.88. The summed E-state index contributed by atoms with van der Waals surface area (Å²) in [6, 6.07) is 0. The fourth-order valence-electron chi connectivity index (χ4n) is 1.23. The van der Waals surface area contributed by atoms with Crippen LogP contribution in [-0.2, 0) is 18.1 Å². The van der Waals surface area contributed by atoms with Crippen molar-refractivity contribution in [1.82, 2.24) is 0 Å². The second-order valence-electron chi connectivity index (χ2n) is 7.81. The minimum Gasteiger partial charge on any atom is -0.521 e. The first-order valence-electron chi connectivity index (χ1n) is 7.17. The molecule has 0 saturated carbocycles. The van der Waals surface area contributed by atoms with Crippen molar-refractivity contribution in [2.45, 2.75) is 58.9 Å². The van der Waals surface area contributed by atoms with Gasteiger partial charge in [-0.25, -0.2) is 4.79 Å². The van der Waals surface area contributed by atoms with Crippen molar-refractivity contribution >= 4 is 30.9 Å². The topological polar surface area (TPSA) is 44.8 Å². The Hall–Kier alpha value is -0.799. The second-order valence-corrected chi connectivity index (χ2v) is 21.1. The van der Waals surface area contributed by atoms with Crippen LogP contribution in [0, 0.1) is 0 Å². The summed E-state index contributed by atoms with van der Waals surface area (Å²) in [7, 11) is -5.34. The minimum absolute atomic E-state index is 0.314. The van der Waals surface area contributed by atoms with Gasteiger partial charge in [-0.2, -0.15) is 0 Å². The standard InChI is InChI=1S/C14H30O4Si3/c1-19(2,3)16-13(15)11-10-12-14(17-20(4,5)6)18-21(7,8)9/h10-12H,1-9H3/b11-10+. The Morgan fingerprint density at radius 1 is 0.714 bits per heavy atom. The van der Waals surface area contributed by atoms with Gasteiger partial charge in [0.05, 0.1) is 0 Å². The molecule has 0 aliphatic rings. The van der Waals surface area contributed by atoms with Crippen LogP contribution in [0.4, 0.5) is 0 Å². The molecule has 0 N–H and O–H groups in total. The summed E-state index contributed by atoms with van der Waals surface area (Å²) in [6.07, 6.45) is 4.76. The van der Waals surface area contributed by atoms with Gasteiger partial charge in [0.2, 0.25) is 25.0 Å². The van der Waals surface area contributed by atoms with Crippen LogP contribution in [-0.4, -0.2) is 30.9 Å². The average molecular weight is 347 g/mol. The first kappa shape index (κ1) is 20.2. The lowest BCUT2D eigenvalue weighted by molar-refractivity contribution is -0.129. The smallest absolute Gasteiger partial charge is 0.317 e. The first-order valence-corrected chi connectivity index (χ1v) is 17.4. The van der Waals surface area contributed by atoms with Crippen molar-refractivity contribution in [3.8, 4) is 0 Å². The van der Waals surface area contributed by atoms with Crippen molar-refractivity contribution in [2.75, 3.05) is 0 Å². The maximum Gasteiger partial charge on any atom is 0.317 e. The van der Waals surface area contributed by atoms with Crippen LogP contribution in [0.15, 0.2) is 24.2 Å². The third kappa shape index (κ3) is 13.9. The number of carbonyl (C=O) groups excluding carboxylic acids is 1. The lowest BCUT2D eigenvalue weighted by Crippen LogP contribution is -2.31. The predicted molar refractivity (Wildman–Crippen MR) is 95.5 cm³/mol. The molecule has 0 amide bonds. The van der Waals surface area contributed by atoms with Crippen LogP contribution in [0.25, 0.3) is 0 Å². The lowest BCUT2D eigenvalue weighted by atomic mass is 10.5. The van der Waals surface area contributed by atoms with E-state index in [9.17, 15) is 4.79 Å². The molecule has 0 aliphatic carbocycles. The molecular formula is C14H30O4Si3. The van der Waals surface area contributed by atoms with Crippen LogP contribution in [0.2, 0.25) is 58.9 Å². The molecule has 0 aromatic carbocycles. The number of rotatable bonds is 7. The van der Waals surface area contributed by atoms with Gasteiger partial charge in [0.1, 0.15) is 0 Å². The van der Waals surface area contributed by atoms with Gasteiger partial charge < -0.3 is 13.3 Å². The van der Waals surface area contributed by atoms with Crippen molar-refractivity contribution in [1.29, 1.82) is 0 Å². The molecule has 0 aromatic heterocycles. The van der Waals surface area contributed by atoms with Crippen LogP contribution in [0.1, 0.15) is 0 Å². The first-order chi connectivity index (χ1) is 9.18. The molecule has 0 aromatic rings. The molecule has 0 unspecified atom stereocenters. The zero-order valence-corrected chi connectivity index (χ0v) is 17.9. The predicted octanol–water partition coefficient (Wildman–Crippen LogP) is 4.47. The third-order valence-corrected chi connectivity index (χ3v) is 4.13. The molecule has 0 rings (SSSR count). The van der Waals surface area contributed by atoms with Crippen LogP contribution in [0.5, 0.6) is 0 Å². The molecular weight excluding hydrogens is 316 g/mol. The molecule has 0 aliphatic heterocycles. The highest BCUT2D eigenvalue weighted by atomic mass is 28.4. The Bertz CT molecular complexity index is 391. The Morgan fingerprint density at radius 2 is 1.10 bits per heavy atom. The normalized spacial score (nSPS) is 13.0. The Morgan fingerprint density at radius 3 is 1.43 bits per heavy atom. The van der Waals surface area contributed by atoms with Gasteiger partial charge in [0, 0.05) is 12.2 Å². The highest BCUT2D eigenvalue weighted by Gasteiger charge is 2.23. The van der Waals surface area contributed by atoms with Gasteiger partial charge in [-0.15, -0.1) is 0 Å². The molecule has 0 atom stereocenters. The van der Waals surface area contributed by atoms with Gasteiger partial charge in [-0.3, -0.25) is 0 Å². The maximum atomic E-state index is 11.6. The highest BCUT2D eigenvalue weighted by Crippen LogP contribution is 2.17. The summed E-state index contributed by atoms with van der Waals surface area (Å²) < 4.78 is 17.2. The molecule has 7 heteroatoms. The largest absolute Gasteiger partial charge is 0.521 e. The van der Waals surface area contributed by atoms with E-state index >= 15 is 0 Å². The second kappa shape index (κ2) is 7.46. The van der Waals surface area contributed by atoms with E-state index in [0.29, 0.717) is 5.95 Å². The van der Waals surface area contributed by atoms with Gasteiger partial charge in [-0.1, -0.05) is 0 Å². The van der Waals surface area contributed by atoms with E-state index in [1.54, 1.807) is 12.2 Å². The molecule has 0 spiro atoms. The summed E-state index contributed by atoms with van der Waals surface area (Å²) >= 11 is 0. The summed E-state index contributed by atoms with van der Waals surface area (Å²) in [6.45, 7) is 18.5. The lowest BCUT2D eigenvalue weighted by Gasteiger charge is -2.27. The molecule has 0 saturated heterocycles. The van der Waals surface area contributed by atoms with Crippen molar-refractivity contribution in [3.63, 3.8) is 0 Å². The summed E-state index contributed by atoms with van der Waals surface area (Å²) in [5, 5.41) is 0. The molecule has 0 radical (unpaired) electrons. The number of hydrogen-bond donors (Lipinski definition) is 0. The third-order valence-electron chi connectivity index (χ3n) is 1.68. The zero-order chi connectivity index (χ0) is 16.9. The zero-order valence-electron chi connectivity index (χ0n) is 14.9. The Labute approximate surface area is 132 Å². The summed E-state index contributed by atoms with van der Waals surface area (Å²) in [5.74, 6) is 0.191. The van der Waals surface area contributed by atoms with Crippen molar-refractivity contribution in [3.05, 3.63) is 24.2 Å². The fraction of sp³-hybridized carbons (Fsp3) is 0.643. The molecule has 122 valence electrons. The van der Waals surface area contributed by atoms with Crippen LogP contribution in [0.3, 0.4) is 0 Å². The molecule has 0 fully saturated rings. The minimum atomic E-state index is -1.84. The van der Waals surface area contributed by atoms with Gasteiger partial charge >= 0.3 is 5.97 Å². The number of allylic oxidation sites excluding steroid dienone is 2. The highest BCUT2D eigenvalue weighted by molar-refractivity contribution is 6.71. The molecule has 0 heterocycles. The monoisotopic (exact) mass is 346 g/mol. The quantitative estimate of drug-likeness (QED) is 0.295. The number of hydrogen-bond acceptors (Lipinski definition) is 4. The van der Waals surface area contributed by atoms with Crippen LogP contribution >= 0.6 is 0 Å². The van der Waals surface area contributed by atoms with Gasteiger partial charge in [0.25, 0.3) is 5.95 Å². The van der Waals surface area contributed by atoms with Gasteiger partial charge in [-0.05, 0) is 65.0 Å². The SMILES string of the molecule is C[Si](C)(C)OC(=O)/C=C/C=C(O[Si](C)(C)C)O[Si](C)(C)C. The van der Waals surface area contributed by atoms with E-state index in [1.807, 2.05) is 19.6 Å². The molecule has 21 heavy (non-hydrogen) atoms. The summed E-state index contributed by atoms with van der Waals surface area (Å²) in [4.78, 5) is 11.6. The average Bonchev–Trinajstić information content (AvgIpc) is 2.07. The maximum absolute atomic E-state index is 11.6. The molecule has 4 nitrogen and oxygen atoms in total. The molecule has 0 bridgehead atoms. The van der Waals surface area contributed by atoms with Crippen molar-refractivity contribution < 1.29 is 18.1 Å². The van der Waals surface area contributed by atoms with E-state index in [-0.39, 0.29) is 5.97 Å². The van der Waals surface area contributed by atoms with E-state index in [4.69, 9.17) is 13.3 Å². The fourth-order valence-corrected chi connectivity index (χ4v) is 3.41. The van der Waals surface area contributed by atoms with E-state index < -0.39 is 25.0 Å². The van der Waals surface area contributed by atoms with E-state index in [1.165, 1.54) is 6.08 Å². The van der Waals surface area contributed by atoms with Gasteiger partial charge in [0.15, 0.2) is 0 Å².